The van der Waals surface area contributed by atoms with Gasteiger partial charge in [0, 0.05) is 40.4 Å². The monoisotopic (exact) mass is 540 g/mol. The Morgan fingerprint density at radius 2 is 1.54 bits per heavy atom. The topological polar surface area (TPSA) is 97.6 Å². The average molecular weight is 541 g/mol. The number of hydrogen-bond donors (Lipinski definition) is 0. The Labute approximate surface area is 235 Å². The van der Waals surface area contributed by atoms with Crippen molar-refractivity contribution >= 4 is 34.8 Å². The standard InChI is InChI=1S/C34H24N2O5/c1-20-14-15-21-16-17-28-34(32(38)25-12-5-6-13-26(25)33(34)39)29(23-10-7-11-24(19-23)36(40)41)30(35(28)27(21)18-20)31(37)22-8-3-2-4-9-22/h2-19,28-30H,1H3. The Morgan fingerprint density at radius 3 is 2.22 bits per heavy atom. The third-order valence-corrected chi connectivity index (χ3v) is 8.73. The van der Waals surface area contributed by atoms with Gasteiger partial charge in [-0.3, -0.25) is 24.5 Å². The molecule has 1 fully saturated rings. The lowest BCUT2D eigenvalue weighted by molar-refractivity contribution is -0.384. The van der Waals surface area contributed by atoms with Gasteiger partial charge in [-0.05, 0) is 29.7 Å². The second kappa shape index (κ2) is 8.93. The Morgan fingerprint density at radius 1 is 0.854 bits per heavy atom. The molecule has 0 radical (unpaired) electrons. The molecule has 3 atom stereocenters. The van der Waals surface area contributed by atoms with Gasteiger partial charge < -0.3 is 4.90 Å². The van der Waals surface area contributed by atoms with Crippen molar-refractivity contribution < 1.29 is 19.3 Å². The van der Waals surface area contributed by atoms with Crippen molar-refractivity contribution in [2.24, 2.45) is 5.41 Å². The average Bonchev–Trinajstić information content (AvgIpc) is 3.43. The lowest BCUT2D eigenvalue weighted by atomic mass is 9.64. The fraction of sp³-hybridized carbons (Fsp3) is 0.147. The third kappa shape index (κ3) is 3.35. The quantitative estimate of drug-likeness (QED) is 0.132. The highest BCUT2D eigenvalue weighted by atomic mass is 16.6. The number of benzene rings is 4. The smallest absolute Gasteiger partial charge is 0.269 e. The number of nitro groups is 1. The second-order valence-corrected chi connectivity index (χ2v) is 10.9. The highest BCUT2D eigenvalue weighted by Gasteiger charge is 2.71. The molecule has 7 heteroatoms. The lowest BCUT2D eigenvalue weighted by Gasteiger charge is -2.37. The van der Waals surface area contributed by atoms with E-state index in [9.17, 15) is 24.5 Å². The van der Waals surface area contributed by atoms with Gasteiger partial charge in [0.1, 0.15) is 11.5 Å². The molecule has 4 aromatic carbocycles. The zero-order chi connectivity index (χ0) is 28.5. The van der Waals surface area contributed by atoms with Crippen LogP contribution in [0.1, 0.15) is 53.7 Å². The van der Waals surface area contributed by atoms with Crippen molar-refractivity contribution in [3.8, 4) is 0 Å². The Hall–Kier alpha value is -5.17. The minimum Gasteiger partial charge on any atom is -0.352 e. The molecule has 0 bridgehead atoms. The highest BCUT2D eigenvalue weighted by molar-refractivity contribution is 6.32. The van der Waals surface area contributed by atoms with Crippen LogP contribution >= 0.6 is 0 Å². The summed E-state index contributed by atoms with van der Waals surface area (Å²) in [4.78, 5) is 57.2. The van der Waals surface area contributed by atoms with Gasteiger partial charge in [-0.2, -0.15) is 0 Å². The molecule has 2 aliphatic heterocycles. The molecule has 7 nitrogen and oxygen atoms in total. The number of Topliss-reactive ketones (excluding diaryl/α,β-unsaturated/α-hetero) is 3. The van der Waals surface area contributed by atoms with E-state index in [1.807, 2.05) is 48.2 Å². The first-order valence-corrected chi connectivity index (χ1v) is 13.4. The molecule has 1 saturated heterocycles. The van der Waals surface area contributed by atoms with Crippen LogP contribution in [-0.2, 0) is 0 Å². The van der Waals surface area contributed by atoms with Gasteiger partial charge in [0.05, 0.1) is 11.0 Å². The van der Waals surface area contributed by atoms with Gasteiger partial charge in [0.25, 0.3) is 5.69 Å². The molecule has 3 unspecified atom stereocenters. The van der Waals surface area contributed by atoms with Gasteiger partial charge in [0.15, 0.2) is 17.3 Å². The van der Waals surface area contributed by atoms with Crippen LogP contribution in [-0.4, -0.2) is 34.4 Å². The molecule has 0 amide bonds. The number of aryl methyl sites for hydroxylation is 1. The molecule has 200 valence electrons. The van der Waals surface area contributed by atoms with Crippen LogP contribution in [0.15, 0.2) is 103 Å². The van der Waals surface area contributed by atoms with Crippen molar-refractivity contribution in [2.45, 2.75) is 24.9 Å². The van der Waals surface area contributed by atoms with Gasteiger partial charge in [0.2, 0.25) is 0 Å². The maximum absolute atomic E-state index is 14.6. The minimum atomic E-state index is -1.70. The van der Waals surface area contributed by atoms with Crippen molar-refractivity contribution in [1.82, 2.24) is 0 Å². The van der Waals surface area contributed by atoms with Crippen molar-refractivity contribution in [2.75, 3.05) is 4.90 Å². The fourth-order valence-corrected chi connectivity index (χ4v) is 7.05. The number of ketones is 3. The Balaban J connectivity index is 1.57. The summed E-state index contributed by atoms with van der Waals surface area (Å²) in [7, 11) is 0. The van der Waals surface area contributed by atoms with E-state index in [1.165, 1.54) is 12.1 Å². The molecule has 2 heterocycles. The predicted molar refractivity (Wildman–Crippen MR) is 154 cm³/mol. The Bertz CT molecular complexity index is 1790. The maximum Gasteiger partial charge on any atom is 0.269 e. The van der Waals surface area contributed by atoms with E-state index in [-0.39, 0.29) is 23.0 Å². The van der Waals surface area contributed by atoms with Crippen LogP contribution in [0.3, 0.4) is 0 Å². The van der Waals surface area contributed by atoms with Gasteiger partial charge >= 0.3 is 0 Å². The first-order valence-electron chi connectivity index (χ1n) is 13.4. The fourth-order valence-electron chi connectivity index (χ4n) is 7.05. The van der Waals surface area contributed by atoms with E-state index >= 15 is 0 Å². The summed E-state index contributed by atoms with van der Waals surface area (Å²) in [5.74, 6) is -1.99. The molecule has 4 aromatic rings. The van der Waals surface area contributed by atoms with E-state index in [1.54, 1.807) is 60.7 Å². The molecule has 0 saturated carbocycles. The molecule has 1 spiro atoms. The number of non-ortho nitro benzene ring substituents is 1. The molecule has 0 N–H and O–H groups in total. The molecule has 1 aliphatic carbocycles. The van der Waals surface area contributed by atoms with Crippen LogP contribution in [0, 0.1) is 22.5 Å². The van der Waals surface area contributed by atoms with Gasteiger partial charge in [-0.25, -0.2) is 0 Å². The molecule has 3 aliphatic rings. The van der Waals surface area contributed by atoms with Crippen LogP contribution in [0.25, 0.3) is 6.08 Å². The van der Waals surface area contributed by atoms with Gasteiger partial charge in [-0.1, -0.05) is 91.0 Å². The first-order chi connectivity index (χ1) is 19.8. The number of nitro benzene ring substituents is 1. The SMILES string of the molecule is Cc1ccc2c(c1)N1C(C(=O)c3ccccc3)C(c3cccc([N+](=O)[O-])c3)C3(C(=O)c4ccccc4C3=O)C1C=C2. The van der Waals surface area contributed by atoms with E-state index in [2.05, 4.69) is 0 Å². The molecular formula is C34H24N2O5. The number of carbonyl (C=O) groups is 3. The minimum absolute atomic E-state index is 0.171. The first kappa shape index (κ1) is 24.8. The third-order valence-electron chi connectivity index (χ3n) is 8.73. The lowest BCUT2D eigenvalue weighted by Crippen LogP contribution is -2.48. The predicted octanol–water partition coefficient (Wildman–Crippen LogP) is 6.22. The number of hydrogen-bond acceptors (Lipinski definition) is 6. The largest absolute Gasteiger partial charge is 0.352 e. The van der Waals surface area contributed by atoms with Crippen LogP contribution in [0.4, 0.5) is 11.4 Å². The van der Waals surface area contributed by atoms with Crippen LogP contribution < -0.4 is 4.90 Å². The summed E-state index contributed by atoms with van der Waals surface area (Å²) < 4.78 is 0. The summed E-state index contributed by atoms with van der Waals surface area (Å²) in [6.45, 7) is 1.95. The summed E-state index contributed by atoms with van der Waals surface area (Å²) in [5, 5.41) is 11.9. The van der Waals surface area contributed by atoms with E-state index in [0.29, 0.717) is 22.3 Å². The number of anilines is 1. The normalized spacial score (nSPS) is 21.5. The zero-order valence-corrected chi connectivity index (χ0v) is 22.1. The van der Waals surface area contributed by atoms with Crippen LogP contribution in [0.2, 0.25) is 0 Å². The summed E-state index contributed by atoms with van der Waals surface area (Å²) in [6.07, 6.45) is 3.75. The van der Waals surface area contributed by atoms with E-state index < -0.39 is 28.3 Å². The molecular weight excluding hydrogens is 516 g/mol. The van der Waals surface area contributed by atoms with Gasteiger partial charge in [-0.15, -0.1) is 0 Å². The van der Waals surface area contributed by atoms with Crippen molar-refractivity contribution in [1.29, 1.82) is 0 Å². The zero-order valence-electron chi connectivity index (χ0n) is 22.1. The highest BCUT2D eigenvalue weighted by Crippen LogP contribution is 2.61. The maximum atomic E-state index is 14.6. The second-order valence-electron chi connectivity index (χ2n) is 10.9. The van der Waals surface area contributed by atoms with E-state index in [4.69, 9.17) is 0 Å². The number of rotatable bonds is 4. The molecule has 0 aromatic heterocycles. The van der Waals surface area contributed by atoms with Crippen molar-refractivity contribution in [3.63, 3.8) is 0 Å². The summed E-state index contributed by atoms with van der Waals surface area (Å²) in [5.41, 5.74) is 2.15. The molecule has 41 heavy (non-hydrogen) atoms. The Kier molecular flexibility index (Phi) is 5.41. The number of fused-ring (bicyclic) bond motifs is 5. The summed E-state index contributed by atoms with van der Waals surface area (Å²) >= 11 is 0. The number of carbonyl (C=O) groups excluding carboxylic acids is 3. The summed E-state index contributed by atoms with van der Waals surface area (Å²) in [6, 6.07) is 25.7. The van der Waals surface area contributed by atoms with E-state index in [0.717, 1.165) is 16.8 Å². The molecule has 7 rings (SSSR count). The number of nitrogens with zero attached hydrogens (tertiary/aromatic N) is 2. The van der Waals surface area contributed by atoms with Crippen LogP contribution in [0.5, 0.6) is 0 Å². The van der Waals surface area contributed by atoms with Crippen molar-refractivity contribution in [3.05, 3.63) is 147 Å².